The number of thiophene rings is 1. The molecular weight excluding hydrogens is 329 g/mol. The molecule has 1 amide bonds. The molecule has 0 radical (unpaired) electrons. The van der Waals surface area contributed by atoms with Crippen molar-refractivity contribution in [1.29, 1.82) is 0 Å². The molecule has 2 heterocycles. The van der Waals surface area contributed by atoms with Gasteiger partial charge in [-0.05, 0) is 42.8 Å². The molecule has 1 aliphatic rings. The summed E-state index contributed by atoms with van der Waals surface area (Å²) in [5, 5.41) is 3.53. The zero-order valence-corrected chi connectivity index (χ0v) is 13.6. The molecule has 0 bridgehead atoms. The highest BCUT2D eigenvalue weighted by molar-refractivity contribution is 7.13. The van der Waals surface area contributed by atoms with Crippen LogP contribution in [0.1, 0.15) is 11.3 Å². The van der Waals surface area contributed by atoms with Crippen LogP contribution in [0.5, 0.6) is 10.8 Å². The summed E-state index contributed by atoms with van der Waals surface area (Å²) in [6, 6.07) is 9.50. The smallest absolute Gasteiger partial charge is 0.231 e. The molecule has 3 rings (SSSR count). The van der Waals surface area contributed by atoms with Gasteiger partial charge in [0, 0.05) is 11.1 Å². The number of ether oxygens (including phenoxy) is 1. The molecule has 0 spiro atoms. The van der Waals surface area contributed by atoms with Crippen LogP contribution in [-0.2, 0) is 11.3 Å². The molecule has 2 aromatic rings. The van der Waals surface area contributed by atoms with Gasteiger partial charge in [-0.2, -0.15) is 0 Å². The third kappa shape index (κ3) is 3.99. The summed E-state index contributed by atoms with van der Waals surface area (Å²) >= 11 is 1.42. The SMILES string of the molecule is NC1=NC=CCC1C(=O)NCc1ccc(Oc2ccc(F)cc2)s1. The van der Waals surface area contributed by atoms with Gasteiger partial charge in [0.15, 0.2) is 5.06 Å². The summed E-state index contributed by atoms with van der Waals surface area (Å²) in [5.41, 5.74) is 5.74. The number of amides is 1. The number of nitrogens with zero attached hydrogens (tertiary/aromatic N) is 1. The number of rotatable bonds is 5. The van der Waals surface area contributed by atoms with Gasteiger partial charge in [-0.3, -0.25) is 4.79 Å². The lowest BCUT2D eigenvalue weighted by Gasteiger charge is -2.16. The Morgan fingerprint density at radius 2 is 2.12 bits per heavy atom. The van der Waals surface area contributed by atoms with E-state index in [4.69, 9.17) is 10.5 Å². The van der Waals surface area contributed by atoms with Crippen LogP contribution in [-0.4, -0.2) is 11.7 Å². The Morgan fingerprint density at radius 3 is 2.88 bits per heavy atom. The Bertz CT molecular complexity index is 783. The third-order valence-corrected chi connectivity index (χ3v) is 4.44. The first-order valence-corrected chi connectivity index (χ1v) is 8.21. The highest BCUT2D eigenvalue weighted by Crippen LogP contribution is 2.29. The van der Waals surface area contributed by atoms with Gasteiger partial charge < -0.3 is 15.8 Å². The van der Waals surface area contributed by atoms with Crippen molar-refractivity contribution in [1.82, 2.24) is 5.32 Å². The van der Waals surface area contributed by atoms with Gasteiger partial charge in [0.1, 0.15) is 17.4 Å². The Kier molecular flexibility index (Phi) is 4.90. The molecule has 1 aromatic heterocycles. The molecule has 24 heavy (non-hydrogen) atoms. The quantitative estimate of drug-likeness (QED) is 0.874. The van der Waals surface area contributed by atoms with Crippen molar-refractivity contribution >= 4 is 23.1 Å². The highest BCUT2D eigenvalue weighted by Gasteiger charge is 2.22. The van der Waals surface area contributed by atoms with Crippen LogP contribution in [0.2, 0.25) is 0 Å². The number of amidine groups is 1. The number of allylic oxidation sites excluding steroid dienone is 1. The number of carbonyl (C=O) groups is 1. The van der Waals surface area contributed by atoms with Gasteiger partial charge >= 0.3 is 0 Å². The summed E-state index contributed by atoms with van der Waals surface area (Å²) in [7, 11) is 0. The van der Waals surface area contributed by atoms with Gasteiger partial charge in [-0.15, -0.1) is 11.3 Å². The Morgan fingerprint density at radius 1 is 1.33 bits per heavy atom. The molecule has 1 unspecified atom stereocenters. The molecule has 124 valence electrons. The largest absolute Gasteiger partial charge is 0.447 e. The summed E-state index contributed by atoms with van der Waals surface area (Å²) in [4.78, 5) is 17.0. The van der Waals surface area contributed by atoms with Gasteiger partial charge in [0.05, 0.1) is 12.5 Å². The zero-order valence-electron chi connectivity index (χ0n) is 12.7. The van der Waals surface area contributed by atoms with Crippen molar-refractivity contribution in [2.45, 2.75) is 13.0 Å². The van der Waals surface area contributed by atoms with E-state index in [1.54, 1.807) is 18.3 Å². The maximum absolute atomic E-state index is 12.9. The van der Waals surface area contributed by atoms with Crippen molar-refractivity contribution in [3.05, 3.63) is 59.4 Å². The van der Waals surface area contributed by atoms with E-state index < -0.39 is 5.92 Å². The molecule has 0 fully saturated rings. The minimum absolute atomic E-state index is 0.144. The zero-order chi connectivity index (χ0) is 16.9. The molecule has 0 saturated heterocycles. The molecule has 3 N–H and O–H groups in total. The molecule has 1 aromatic carbocycles. The number of benzene rings is 1. The minimum atomic E-state index is -0.412. The number of hydrogen-bond donors (Lipinski definition) is 2. The molecule has 0 saturated carbocycles. The van der Waals surface area contributed by atoms with Crippen LogP contribution >= 0.6 is 11.3 Å². The standard InChI is InChI=1S/C17H16FN3O2S/c18-11-3-5-12(6-4-11)23-15-8-7-13(24-15)10-21-17(22)14-2-1-9-20-16(14)19/h1,3-9,14H,2,10H2,(H2,19,20)(H,21,22). The van der Waals surface area contributed by atoms with E-state index in [0.717, 1.165) is 4.88 Å². The van der Waals surface area contributed by atoms with Gasteiger partial charge in [0.2, 0.25) is 5.91 Å². The number of nitrogens with one attached hydrogen (secondary N) is 1. The van der Waals surface area contributed by atoms with Crippen molar-refractivity contribution in [2.75, 3.05) is 0 Å². The third-order valence-electron chi connectivity index (χ3n) is 3.48. The lowest BCUT2D eigenvalue weighted by atomic mass is 10.0. The van der Waals surface area contributed by atoms with E-state index in [9.17, 15) is 9.18 Å². The van der Waals surface area contributed by atoms with Crippen molar-refractivity contribution in [2.24, 2.45) is 16.6 Å². The Hall–Kier alpha value is -2.67. The Balaban J connectivity index is 1.54. The predicted octanol–water partition coefficient (Wildman–Crippen LogP) is 3.19. The maximum Gasteiger partial charge on any atom is 0.231 e. The van der Waals surface area contributed by atoms with Gasteiger partial charge in [-0.25, -0.2) is 9.38 Å². The van der Waals surface area contributed by atoms with Gasteiger partial charge in [-0.1, -0.05) is 6.08 Å². The summed E-state index contributed by atoms with van der Waals surface area (Å²) < 4.78 is 18.5. The molecule has 7 heteroatoms. The van der Waals surface area contributed by atoms with Crippen LogP contribution in [0, 0.1) is 11.7 Å². The molecule has 0 aliphatic carbocycles. The first-order chi connectivity index (χ1) is 11.6. The summed E-state index contributed by atoms with van der Waals surface area (Å²) in [5.74, 6) is 0.0329. The average molecular weight is 345 g/mol. The maximum atomic E-state index is 12.9. The summed E-state index contributed by atoms with van der Waals surface area (Å²) in [6.45, 7) is 0.393. The van der Waals surface area contributed by atoms with E-state index >= 15 is 0 Å². The number of hydrogen-bond acceptors (Lipinski definition) is 5. The molecule has 5 nitrogen and oxygen atoms in total. The number of carbonyl (C=O) groups excluding carboxylic acids is 1. The molecule has 1 aliphatic heterocycles. The first-order valence-electron chi connectivity index (χ1n) is 7.40. The molecule has 1 atom stereocenters. The number of halogens is 1. The van der Waals surface area contributed by atoms with E-state index in [1.165, 1.54) is 23.5 Å². The normalized spacial score (nSPS) is 16.5. The van der Waals surface area contributed by atoms with Crippen molar-refractivity contribution in [3.8, 4) is 10.8 Å². The lowest BCUT2D eigenvalue weighted by molar-refractivity contribution is -0.123. The predicted molar refractivity (Wildman–Crippen MR) is 91.5 cm³/mol. The molecular formula is C17H16FN3O2S. The lowest BCUT2D eigenvalue weighted by Crippen LogP contribution is -2.38. The Labute approximate surface area is 142 Å². The van der Waals surface area contributed by atoms with Crippen molar-refractivity contribution < 1.29 is 13.9 Å². The van der Waals surface area contributed by atoms with Crippen LogP contribution in [0.25, 0.3) is 0 Å². The van der Waals surface area contributed by atoms with Crippen LogP contribution in [0.3, 0.4) is 0 Å². The van der Waals surface area contributed by atoms with Gasteiger partial charge in [0.25, 0.3) is 0 Å². The van der Waals surface area contributed by atoms with Crippen LogP contribution in [0.4, 0.5) is 4.39 Å². The van der Waals surface area contributed by atoms with Crippen LogP contribution < -0.4 is 15.8 Å². The van der Waals surface area contributed by atoms with Crippen LogP contribution in [0.15, 0.2) is 53.7 Å². The minimum Gasteiger partial charge on any atom is -0.447 e. The fourth-order valence-electron chi connectivity index (χ4n) is 2.21. The monoisotopic (exact) mass is 345 g/mol. The van der Waals surface area contributed by atoms with Crippen molar-refractivity contribution in [3.63, 3.8) is 0 Å². The second-order valence-electron chi connectivity index (χ2n) is 5.22. The number of aliphatic imine (C=N–C) groups is 1. The highest BCUT2D eigenvalue weighted by atomic mass is 32.1. The fourth-order valence-corrected chi connectivity index (χ4v) is 3.02. The fraction of sp³-hybridized carbons (Fsp3) is 0.176. The van der Waals surface area contributed by atoms with E-state index in [1.807, 2.05) is 18.2 Å². The topological polar surface area (TPSA) is 76.7 Å². The van der Waals surface area contributed by atoms with E-state index in [0.29, 0.717) is 29.6 Å². The van der Waals surface area contributed by atoms with E-state index in [-0.39, 0.29) is 11.7 Å². The van der Waals surface area contributed by atoms with E-state index in [2.05, 4.69) is 10.3 Å². The summed E-state index contributed by atoms with van der Waals surface area (Å²) in [6.07, 6.45) is 3.99. The first kappa shape index (κ1) is 16.2. The second kappa shape index (κ2) is 7.27. The average Bonchev–Trinajstić information content (AvgIpc) is 3.03. The second-order valence-corrected chi connectivity index (χ2v) is 6.35. The number of nitrogens with two attached hydrogens (primary N) is 1.